The molecule has 4 heteroatoms. The molecular formula is C42H53HfN3-4. The molecule has 0 amide bonds. The number of para-hydroxylation sites is 1. The van der Waals surface area contributed by atoms with Crippen LogP contribution in [-0.4, -0.2) is 9.78 Å². The first-order valence-electron chi connectivity index (χ1n) is 15.7. The van der Waals surface area contributed by atoms with Gasteiger partial charge in [0.15, 0.2) is 0 Å². The van der Waals surface area contributed by atoms with Crippen molar-refractivity contribution >= 4 is 5.69 Å². The van der Waals surface area contributed by atoms with E-state index in [0.29, 0.717) is 11.8 Å². The third-order valence-corrected chi connectivity index (χ3v) is 7.48. The standard InChI is InChI=1S/C21H32N3.3C7H7.Hf/c1-13(2)17-11-10-12-18(14(3)4)19(17)22-21(7,8)20-15(5)16(6)24(9)23-20;3*1-7-5-3-2-4-6-7;/h10-14H,1-9H3;3*2-6H,1H2;/q4*-1;. The second-order valence-electron chi connectivity index (χ2n) is 12.4. The number of aryl methyl sites for hydroxylation is 1. The molecule has 0 N–H and O–H groups in total. The van der Waals surface area contributed by atoms with Crippen molar-refractivity contribution in [1.29, 1.82) is 0 Å². The Kier molecular flexibility index (Phi) is 17.4. The van der Waals surface area contributed by atoms with Gasteiger partial charge in [-0.25, -0.2) is 0 Å². The maximum absolute atomic E-state index is 5.24. The summed E-state index contributed by atoms with van der Waals surface area (Å²) in [6.45, 7) is 28.7. The number of benzene rings is 4. The summed E-state index contributed by atoms with van der Waals surface area (Å²) in [5, 5.41) is 9.99. The number of hydrogen-bond acceptors (Lipinski definition) is 1. The Hall–Kier alpha value is -3.63. The van der Waals surface area contributed by atoms with E-state index >= 15 is 0 Å². The van der Waals surface area contributed by atoms with E-state index in [0.717, 1.165) is 28.1 Å². The number of hydrogen-bond donors (Lipinski definition) is 0. The molecule has 3 nitrogen and oxygen atoms in total. The summed E-state index contributed by atoms with van der Waals surface area (Å²) < 4.78 is 1.96. The van der Waals surface area contributed by atoms with Gasteiger partial charge in [-0.05, 0) is 31.2 Å². The van der Waals surface area contributed by atoms with Gasteiger partial charge in [0.1, 0.15) is 0 Å². The van der Waals surface area contributed by atoms with E-state index in [-0.39, 0.29) is 31.4 Å². The summed E-state index contributed by atoms with van der Waals surface area (Å²) in [6.07, 6.45) is 0. The first kappa shape index (κ1) is 40.4. The first-order valence-corrected chi connectivity index (χ1v) is 15.7. The molecule has 0 fully saturated rings. The maximum atomic E-state index is 5.24. The monoisotopic (exact) mass is 779 g/mol. The molecule has 5 aromatic rings. The van der Waals surface area contributed by atoms with Crippen LogP contribution in [0.1, 0.15) is 98.1 Å². The minimum atomic E-state index is -0.356. The van der Waals surface area contributed by atoms with Gasteiger partial charge in [-0.1, -0.05) is 94.6 Å². The van der Waals surface area contributed by atoms with E-state index in [1.807, 2.05) is 103 Å². The summed E-state index contributed by atoms with van der Waals surface area (Å²) >= 11 is 0. The van der Waals surface area contributed by atoms with Crippen molar-refractivity contribution in [3.8, 4) is 0 Å². The van der Waals surface area contributed by atoms with Gasteiger partial charge in [0.2, 0.25) is 0 Å². The first-order chi connectivity index (χ1) is 21.2. The van der Waals surface area contributed by atoms with Crippen LogP contribution in [0.2, 0.25) is 0 Å². The zero-order valence-electron chi connectivity index (χ0n) is 29.5. The Bertz CT molecular complexity index is 1420. The summed E-state index contributed by atoms with van der Waals surface area (Å²) in [7, 11) is 2.00. The molecule has 4 aromatic carbocycles. The Morgan fingerprint density at radius 2 is 0.957 bits per heavy atom. The fourth-order valence-electron chi connectivity index (χ4n) is 4.70. The molecule has 0 saturated heterocycles. The molecule has 0 unspecified atom stereocenters. The molecule has 0 aliphatic rings. The van der Waals surface area contributed by atoms with Crippen molar-refractivity contribution in [2.24, 2.45) is 7.05 Å². The number of aromatic nitrogens is 2. The molecule has 1 heterocycles. The predicted molar refractivity (Wildman–Crippen MR) is 196 cm³/mol. The maximum Gasteiger partial charge on any atom is 0.0537 e. The van der Waals surface area contributed by atoms with Gasteiger partial charge in [0.05, 0.1) is 5.69 Å². The molecule has 0 aliphatic heterocycles. The molecule has 0 aliphatic carbocycles. The summed E-state index contributed by atoms with van der Waals surface area (Å²) in [5.41, 5.74) is 10.1. The minimum Gasteiger partial charge on any atom is -0.674 e. The summed E-state index contributed by atoms with van der Waals surface area (Å²) in [5.74, 6) is 0.898. The van der Waals surface area contributed by atoms with Crippen molar-refractivity contribution in [3.63, 3.8) is 0 Å². The molecule has 0 spiro atoms. The molecule has 0 radical (unpaired) electrons. The normalized spacial score (nSPS) is 10.3. The van der Waals surface area contributed by atoms with E-state index in [4.69, 9.17) is 10.4 Å². The second kappa shape index (κ2) is 19.8. The van der Waals surface area contributed by atoms with Gasteiger partial charge in [0, 0.05) is 38.6 Å². The molecule has 0 atom stereocenters. The van der Waals surface area contributed by atoms with E-state index in [1.54, 1.807) is 0 Å². The zero-order valence-corrected chi connectivity index (χ0v) is 33.1. The fraction of sp³-hybridized carbons (Fsp3) is 0.286. The van der Waals surface area contributed by atoms with E-state index in [1.165, 1.54) is 22.4 Å². The van der Waals surface area contributed by atoms with Crippen molar-refractivity contribution in [3.05, 3.63) is 180 Å². The number of nitrogens with zero attached hydrogens (tertiary/aromatic N) is 3. The average molecular weight is 778 g/mol. The van der Waals surface area contributed by atoms with Crippen molar-refractivity contribution in [2.75, 3.05) is 0 Å². The van der Waals surface area contributed by atoms with Gasteiger partial charge < -0.3 is 5.32 Å². The van der Waals surface area contributed by atoms with E-state index < -0.39 is 0 Å². The second-order valence-corrected chi connectivity index (χ2v) is 12.4. The van der Waals surface area contributed by atoms with Crippen LogP contribution in [-0.2, 0) is 38.4 Å². The van der Waals surface area contributed by atoms with Gasteiger partial charge >= 0.3 is 0 Å². The largest absolute Gasteiger partial charge is 0.674 e. The molecule has 46 heavy (non-hydrogen) atoms. The van der Waals surface area contributed by atoms with Crippen LogP contribution in [0.4, 0.5) is 5.69 Å². The van der Waals surface area contributed by atoms with Crippen LogP contribution in [0, 0.1) is 34.6 Å². The molecule has 5 rings (SSSR count). The average Bonchev–Trinajstić information content (AvgIpc) is 3.27. The number of rotatable bonds is 5. The van der Waals surface area contributed by atoms with Gasteiger partial charge in [-0.15, -0.1) is 42.1 Å². The molecule has 244 valence electrons. The smallest absolute Gasteiger partial charge is 0.0537 e. The predicted octanol–water partition coefficient (Wildman–Crippen LogP) is 11.8. The van der Waals surface area contributed by atoms with Crippen LogP contribution >= 0.6 is 0 Å². The summed E-state index contributed by atoms with van der Waals surface area (Å²) in [6, 6.07) is 36.2. The third kappa shape index (κ3) is 13.0. The third-order valence-electron chi connectivity index (χ3n) is 7.48. The van der Waals surface area contributed by atoms with Crippen LogP contribution in [0.25, 0.3) is 5.32 Å². The Balaban J connectivity index is 0.000000385. The molecular weight excluding hydrogens is 725 g/mol. The van der Waals surface area contributed by atoms with Gasteiger partial charge in [-0.3, -0.25) is 4.68 Å². The Morgan fingerprint density at radius 1 is 0.609 bits per heavy atom. The SMILES string of the molecule is Cc1c(C(C)(C)[N-]c2c(C(C)C)cccc2C(C)C)nn(C)c1C.[CH2-]c1ccccc1.[CH2-]c1ccccc1.[CH2-]c1ccccc1.[Hf]. The molecule has 1 aromatic heterocycles. The van der Waals surface area contributed by atoms with Gasteiger partial charge in [-0.2, -0.15) is 79.0 Å². The van der Waals surface area contributed by atoms with E-state index in [2.05, 4.69) is 94.4 Å². The van der Waals surface area contributed by atoms with Crippen molar-refractivity contribution in [2.45, 2.75) is 72.8 Å². The van der Waals surface area contributed by atoms with Crippen LogP contribution in [0.15, 0.2) is 109 Å². The molecule has 0 bridgehead atoms. The topological polar surface area (TPSA) is 31.9 Å². The van der Waals surface area contributed by atoms with Crippen LogP contribution in [0.3, 0.4) is 0 Å². The zero-order chi connectivity index (χ0) is 33.6. The minimum absolute atomic E-state index is 0. The fourth-order valence-corrected chi connectivity index (χ4v) is 4.70. The van der Waals surface area contributed by atoms with Crippen molar-refractivity contribution in [1.82, 2.24) is 9.78 Å². The summed E-state index contributed by atoms with van der Waals surface area (Å²) in [4.78, 5) is 0. The van der Waals surface area contributed by atoms with Crippen molar-refractivity contribution < 1.29 is 25.8 Å². The quantitative estimate of drug-likeness (QED) is 0.129. The van der Waals surface area contributed by atoms with Crippen LogP contribution < -0.4 is 0 Å². The van der Waals surface area contributed by atoms with Crippen LogP contribution in [0.5, 0.6) is 0 Å². The Labute approximate surface area is 299 Å². The van der Waals surface area contributed by atoms with Gasteiger partial charge in [0.25, 0.3) is 0 Å². The molecule has 0 saturated carbocycles. The Morgan fingerprint density at radius 3 is 1.20 bits per heavy atom. The van der Waals surface area contributed by atoms with E-state index in [9.17, 15) is 0 Å².